The zero-order valence-corrected chi connectivity index (χ0v) is 25.9. The minimum Gasteiger partial charge on any atom is -0.497 e. The number of methoxy groups -OCH3 is 2. The molecule has 0 amide bonds. The molecule has 2 saturated heterocycles. The van der Waals surface area contributed by atoms with Crippen LogP contribution in [0.1, 0.15) is 67.4 Å². The molecule has 8 heteroatoms. The largest absolute Gasteiger partial charge is 0.497 e. The monoisotopic (exact) mass is 548 g/mol. The molecule has 1 aromatic rings. The number of carbonyl (C=O) groups is 1. The summed E-state index contributed by atoms with van der Waals surface area (Å²) in [4.78, 5) is 11.9. The quantitative estimate of drug-likeness (QED) is 0.218. The molecule has 2 aliphatic heterocycles. The molecule has 3 rings (SSSR count). The Balaban J connectivity index is 1.75. The van der Waals surface area contributed by atoms with Gasteiger partial charge in [-0.3, -0.25) is 0 Å². The number of benzene rings is 1. The Labute approximate surface area is 230 Å². The second kappa shape index (κ2) is 12.2. The summed E-state index contributed by atoms with van der Waals surface area (Å²) >= 11 is 0. The van der Waals surface area contributed by atoms with Crippen LogP contribution >= 0.6 is 0 Å². The van der Waals surface area contributed by atoms with E-state index in [1.807, 2.05) is 24.3 Å². The van der Waals surface area contributed by atoms with Crippen LogP contribution in [-0.2, 0) is 34.5 Å². The molecule has 1 aromatic carbocycles. The highest BCUT2D eigenvalue weighted by atomic mass is 28.4. The summed E-state index contributed by atoms with van der Waals surface area (Å²) in [7, 11) is 0.461. The summed E-state index contributed by atoms with van der Waals surface area (Å²) < 4.78 is 36.8. The molecule has 2 aliphatic rings. The van der Waals surface area contributed by atoms with Crippen molar-refractivity contribution in [3.8, 4) is 5.75 Å². The number of fused-ring (bicyclic) bond motifs is 1. The third kappa shape index (κ3) is 6.70. The van der Waals surface area contributed by atoms with Gasteiger partial charge in [0, 0.05) is 22.1 Å². The molecular formula is C30H48O7Si. The van der Waals surface area contributed by atoms with Gasteiger partial charge in [-0.1, -0.05) is 67.5 Å². The Kier molecular flexibility index (Phi) is 9.90. The predicted octanol–water partition coefficient (Wildman–Crippen LogP) is 6.20. The predicted molar refractivity (Wildman–Crippen MR) is 150 cm³/mol. The lowest BCUT2D eigenvalue weighted by molar-refractivity contribution is -0.200. The van der Waals surface area contributed by atoms with Gasteiger partial charge in [-0.15, -0.1) is 0 Å². The van der Waals surface area contributed by atoms with Gasteiger partial charge in [0.2, 0.25) is 0 Å². The van der Waals surface area contributed by atoms with Crippen LogP contribution in [-0.4, -0.2) is 59.8 Å². The molecule has 0 N–H and O–H groups in total. The van der Waals surface area contributed by atoms with Crippen LogP contribution in [0, 0.1) is 11.8 Å². The summed E-state index contributed by atoms with van der Waals surface area (Å²) in [6, 6.07) is 7.78. The van der Waals surface area contributed by atoms with Gasteiger partial charge in [-0.2, -0.15) is 0 Å². The Hall–Kier alpha value is -1.71. The van der Waals surface area contributed by atoms with E-state index in [4.69, 9.17) is 27.8 Å². The van der Waals surface area contributed by atoms with E-state index in [0.29, 0.717) is 13.2 Å². The van der Waals surface area contributed by atoms with E-state index in [2.05, 4.69) is 55.4 Å². The van der Waals surface area contributed by atoms with Gasteiger partial charge in [-0.25, -0.2) is 4.79 Å². The van der Waals surface area contributed by atoms with Crippen molar-refractivity contribution in [3.63, 3.8) is 0 Å². The van der Waals surface area contributed by atoms with Crippen molar-refractivity contribution in [2.24, 2.45) is 11.8 Å². The third-order valence-corrected chi connectivity index (χ3v) is 13.1. The lowest BCUT2D eigenvalue weighted by atomic mass is 9.82. The van der Waals surface area contributed by atoms with Gasteiger partial charge in [0.15, 0.2) is 0 Å². The van der Waals surface area contributed by atoms with E-state index < -0.39 is 14.5 Å². The highest BCUT2D eigenvalue weighted by Gasteiger charge is 2.63. The van der Waals surface area contributed by atoms with Crippen molar-refractivity contribution in [1.29, 1.82) is 0 Å². The normalized spacial score (nSPS) is 27.4. The molecule has 6 atom stereocenters. The molecule has 2 heterocycles. The first-order chi connectivity index (χ1) is 17.7. The SMILES string of the molecule is COC(=O)/C=C/[C@H](OCc1ccc(OC)cc1)[C@@H](C)[C@@H]1O[C@@H]2CO[Si](C(C)(C)C)(C(C)(C)C)O[C@@H]2C[C@@H]1C. The molecule has 0 spiro atoms. The highest BCUT2D eigenvalue weighted by Crippen LogP contribution is 2.55. The summed E-state index contributed by atoms with van der Waals surface area (Å²) in [5.74, 6) is 0.617. The van der Waals surface area contributed by atoms with Crippen LogP contribution in [0.2, 0.25) is 10.1 Å². The van der Waals surface area contributed by atoms with E-state index >= 15 is 0 Å². The zero-order valence-electron chi connectivity index (χ0n) is 24.9. The lowest BCUT2D eigenvalue weighted by Crippen LogP contribution is -2.67. The fourth-order valence-corrected chi connectivity index (χ4v) is 11.0. The fraction of sp³-hybridized carbons (Fsp3) is 0.700. The molecule has 0 saturated carbocycles. The van der Waals surface area contributed by atoms with E-state index in [-0.39, 0.29) is 46.3 Å². The van der Waals surface area contributed by atoms with Crippen LogP contribution in [0.5, 0.6) is 5.75 Å². The Morgan fingerprint density at radius 2 is 1.71 bits per heavy atom. The topological polar surface area (TPSA) is 72.5 Å². The third-order valence-electron chi connectivity index (χ3n) is 7.92. The summed E-state index contributed by atoms with van der Waals surface area (Å²) in [5.41, 5.74) is 1.02. The Bertz CT molecular complexity index is 933. The van der Waals surface area contributed by atoms with Gasteiger partial charge >= 0.3 is 14.5 Å². The van der Waals surface area contributed by atoms with Crippen molar-refractivity contribution >= 4 is 14.5 Å². The fourth-order valence-electron chi connectivity index (χ4n) is 6.07. The summed E-state index contributed by atoms with van der Waals surface area (Å²) in [5, 5.41) is -0.134. The highest BCUT2D eigenvalue weighted by molar-refractivity contribution is 6.73. The number of ether oxygens (including phenoxy) is 4. The zero-order chi connectivity index (χ0) is 28.3. The minimum atomic E-state index is -2.56. The summed E-state index contributed by atoms with van der Waals surface area (Å²) in [6.45, 7) is 18.7. The average Bonchev–Trinajstić information content (AvgIpc) is 2.86. The van der Waals surface area contributed by atoms with Crippen LogP contribution in [0.15, 0.2) is 36.4 Å². The second-order valence-electron chi connectivity index (χ2n) is 12.8. The van der Waals surface area contributed by atoms with E-state index in [1.54, 1.807) is 13.2 Å². The minimum absolute atomic E-state index is 0.0107. The molecule has 0 aliphatic carbocycles. The lowest BCUT2D eigenvalue weighted by Gasteiger charge is -2.57. The average molecular weight is 549 g/mol. The number of rotatable bonds is 8. The Morgan fingerprint density at radius 1 is 1.08 bits per heavy atom. The first-order valence-corrected chi connectivity index (χ1v) is 15.5. The first kappa shape index (κ1) is 30.8. The maximum Gasteiger partial charge on any atom is 0.349 e. The van der Waals surface area contributed by atoms with Gasteiger partial charge in [0.1, 0.15) is 11.9 Å². The first-order valence-electron chi connectivity index (χ1n) is 13.7. The second-order valence-corrected chi connectivity index (χ2v) is 17.6. The Morgan fingerprint density at radius 3 is 2.26 bits per heavy atom. The van der Waals surface area contributed by atoms with Crippen molar-refractivity contribution < 1.29 is 32.6 Å². The van der Waals surface area contributed by atoms with Crippen molar-refractivity contribution in [2.45, 2.75) is 103 Å². The molecule has 38 heavy (non-hydrogen) atoms. The van der Waals surface area contributed by atoms with Crippen LogP contribution in [0.25, 0.3) is 0 Å². The maximum atomic E-state index is 11.9. The van der Waals surface area contributed by atoms with Crippen LogP contribution in [0.3, 0.4) is 0 Å². The molecule has 0 bridgehead atoms. The van der Waals surface area contributed by atoms with E-state index in [0.717, 1.165) is 17.7 Å². The van der Waals surface area contributed by atoms with Gasteiger partial charge in [0.25, 0.3) is 0 Å². The molecule has 0 unspecified atom stereocenters. The van der Waals surface area contributed by atoms with Gasteiger partial charge < -0.3 is 27.8 Å². The number of esters is 1. The molecule has 214 valence electrons. The number of hydrogen-bond donors (Lipinski definition) is 0. The maximum absolute atomic E-state index is 11.9. The molecule has 0 radical (unpaired) electrons. The van der Waals surface area contributed by atoms with E-state index in [1.165, 1.54) is 13.2 Å². The number of hydrogen-bond acceptors (Lipinski definition) is 7. The molecule has 0 aromatic heterocycles. The van der Waals surface area contributed by atoms with Crippen LogP contribution in [0.4, 0.5) is 0 Å². The molecule has 7 nitrogen and oxygen atoms in total. The van der Waals surface area contributed by atoms with Gasteiger partial charge in [0.05, 0.1) is 45.7 Å². The molecule has 2 fully saturated rings. The van der Waals surface area contributed by atoms with Crippen molar-refractivity contribution in [2.75, 3.05) is 20.8 Å². The van der Waals surface area contributed by atoms with Crippen LogP contribution < -0.4 is 4.74 Å². The standard InChI is InChI=1S/C30H48O7Si/c1-20-17-25-26(19-35-38(37-25,29(3,4)5)30(6,7)8)36-28(20)21(2)24(15-16-27(31)33-10)34-18-22-11-13-23(32-9)14-12-22/h11-16,20-21,24-26,28H,17-19H2,1-10H3/b16-15+/t20-,21+,24-,25+,26+,28+/m0/s1. The van der Waals surface area contributed by atoms with Crippen molar-refractivity contribution in [3.05, 3.63) is 42.0 Å². The van der Waals surface area contributed by atoms with Crippen molar-refractivity contribution in [1.82, 2.24) is 0 Å². The van der Waals surface area contributed by atoms with E-state index in [9.17, 15) is 4.79 Å². The summed E-state index contributed by atoms with van der Waals surface area (Å²) in [6.07, 6.45) is 3.58. The molecular weight excluding hydrogens is 500 g/mol. The van der Waals surface area contributed by atoms with Gasteiger partial charge in [-0.05, 0) is 36.1 Å². The smallest absolute Gasteiger partial charge is 0.349 e. The number of carbonyl (C=O) groups excluding carboxylic acids is 1.